The molecular weight excluding hydrogens is 284 g/mol. The summed E-state index contributed by atoms with van der Waals surface area (Å²) in [4.78, 5) is 8.89. The smallest absolute Gasteiger partial charge is 0.229 e. The molecule has 1 fully saturated rings. The minimum Gasteiger partial charge on any atom is -0.367 e. The van der Waals surface area contributed by atoms with Gasteiger partial charge >= 0.3 is 0 Å². The van der Waals surface area contributed by atoms with Crippen molar-refractivity contribution in [3.05, 3.63) is 42.1 Å². The Labute approximate surface area is 138 Å². The van der Waals surface area contributed by atoms with Crippen LogP contribution in [0, 0.1) is 0 Å². The van der Waals surface area contributed by atoms with Crippen molar-refractivity contribution in [1.82, 2.24) is 9.97 Å². The summed E-state index contributed by atoms with van der Waals surface area (Å²) < 4.78 is 0. The molecule has 0 radical (unpaired) electrons. The van der Waals surface area contributed by atoms with Crippen molar-refractivity contribution < 1.29 is 0 Å². The molecule has 0 bridgehead atoms. The summed E-state index contributed by atoms with van der Waals surface area (Å²) in [6.45, 7) is 6.66. The maximum Gasteiger partial charge on any atom is 0.229 e. The first kappa shape index (κ1) is 15.8. The third kappa shape index (κ3) is 4.21. The van der Waals surface area contributed by atoms with Crippen molar-refractivity contribution in [3.63, 3.8) is 0 Å². The van der Waals surface area contributed by atoms with Gasteiger partial charge in [0.1, 0.15) is 5.82 Å². The van der Waals surface area contributed by atoms with Gasteiger partial charge in [-0.3, -0.25) is 0 Å². The molecule has 23 heavy (non-hydrogen) atoms. The van der Waals surface area contributed by atoms with E-state index in [1.807, 2.05) is 6.07 Å². The maximum atomic E-state index is 4.57. The van der Waals surface area contributed by atoms with Crippen molar-refractivity contribution in [3.8, 4) is 0 Å². The number of benzene rings is 1. The maximum absolute atomic E-state index is 4.57. The molecule has 2 aromatic rings. The summed E-state index contributed by atoms with van der Waals surface area (Å²) in [6.07, 6.45) is 6.90. The van der Waals surface area contributed by atoms with E-state index < -0.39 is 0 Å². The molecule has 0 unspecified atom stereocenters. The fourth-order valence-corrected chi connectivity index (χ4v) is 2.96. The van der Waals surface area contributed by atoms with Crippen LogP contribution in [-0.2, 0) is 5.41 Å². The van der Waals surface area contributed by atoms with Crippen LogP contribution >= 0.6 is 0 Å². The second kappa shape index (κ2) is 6.57. The van der Waals surface area contributed by atoms with Gasteiger partial charge in [0.25, 0.3) is 0 Å². The van der Waals surface area contributed by atoms with Crippen LogP contribution in [0.5, 0.6) is 0 Å². The lowest BCUT2D eigenvalue weighted by molar-refractivity contribution is 0.590. The highest BCUT2D eigenvalue weighted by Gasteiger charge is 2.15. The molecule has 1 aromatic heterocycles. The topological polar surface area (TPSA) is 49.8 Å². The predicted molar refractivity (Wildman–Crippen MR) is 96.3 cm³/mol. The molecule has 122 valence electrons. The Morgan fingerprint density at radius 2 is 1.70 bits per heavy atom. The normalized spacial score (nSPS) is 15.6. The van der Waals surface area contributed by atoms with E-state index in [-0.39, 0.29) is 5.41 Å². The average Bonchev–Trinajstić information content (AvgIpc) is 3.00. The van der Waals surface area contributed by atoms with Crippen molar-refractivity contribution >= 4 is 17.5 Å². The first-order valence-electron chi connectivity index (χ1n) is 8.48. The van der Waals surface area contributed by atoms with Gasteiger partial charge in [-0.1, -0.05) is 45.7 Å². The number of anilines is 3. The Morgan fingerprint density at radius 3 is 2.35 bits per heavy atom. The molecule has 0 amide bonds. The van der Waals surface area contributed by atoms with Gasteiger partial charge in [0.05, 0.1) is 0 Å². The number of hydrogen-bond donors (Lipinski definition) is 2. The van der Waals surface area contributed by atoms with Gasteiger partial charge in [-0.2, -0.15) is 4.98 Å². The molecule has 0 spiro atoms. The van der Waals surface area contributed by atoms with Gasteiger partial charge in [0, 0.05) is 17.9 Å². The van der Waals surface area contributed by atoms with Crippen LogP contribution in [0.25, 0.3) is 0 Å². The molecule has 4 nitrogen and oxygen atoms in total. The largest absolute Gasteiger partial charge is 0.367 e. The van der Waals surface area contributed by atoms with E-state index in [9.17, 15) is 0 Å². The van der Waals surface area contributed by atoms with Crippen molar-refractivity contribution in [2.45, 2.75) is 57.9 Å². The molecule has 0 saturated heterocycles. The number of nitrogens with one attached hydrogen (secondary N) is 2. The number of nitrogens with zero attached hydrogens (tertiary/aromatic N) is 2. The Bertz CT molecular complexity index is 637. The van der Waals surface area contributed by atoms with Crippen LogP contribution < -0.4 is 10.6 Å². The molecule has 1 saturated carbocycles. The quantitative estimate of drug-likeness (QED) is 0.845. The number of hydrogen-bond acceptors (Lipinski definition) is 4. The highest BCUT2D eigenvalue weighted by atomic mass is 15.1. The Kier molecular flexibility index (Phi) is 4.51. The third-order valence-corrected chi connectivity index (χ3v) is 4.37. The van der Waals surface area contributed by atoms with Crippen molar-refractivity contribution in [2.24, 2.45) is 0 Å². The van der Waals surface area contributed by atoms with Gasteiger partial charge in [-0.05, 0) is 42.0 Å². The predicted octanol–water partition coefficient (Wildman–Crippen LogP) is 4.87. The highest BCUT2D eigenvalue weighted by Crippen LogP contribution is 2.25. The van der Waals surface area contributed by atoms with E-state index in [4.69, 9.17) is 0 Å². The molecule has 0 aliphatic heterocycles. The van der Waals surface area contributed by atoms with Crippen LogP contribution in [0.1, 0.15) is 52.0 Å². The Hall–Kier alpha value is -2.10. The lowest BCUT2D eigenvalue weighted by Crippen LogP contribution is -2.16. The fraction of sp³-hybridized carbons (Fsp3) is 0.474. The Balaban J connectivity index is 1.67. The summed E-state index contributed by atoms with van der Waals surface area (Å²) >= 11 is 0. The van der Waals surface area contributed by atoms with Crippen molar-refractivity contribution in [1.29, 1.82) is 0 Å². The van der Waals surface area contributed by atoms with E-state index in [0.717, 1.165) is 11.5 Å². The highest BCUT2D eigenvalue weighted by molar-refractivity contribution is 5.55. The van der Waals surface area contributed by atoms with Gasteiger partial charge < -0.3 is 10.6 Å². The SMILES string of the molecule is CC(C)(C)c1ccc(Nc2nccc(NC3CCCC3)n2)cc1. The molecule has 1 aliphatic carbocycles. The molecule has 4 heteroatoms. The lowest BCUT2D eigenvalue weighted by Gasteiger charge is -2.19. The average molecular weight is 310 g/mol. The van der Waals surface area contributed by atoms with Crippen LogP contribution in [0.2, 0.25) is 0 Å². The molecule has 1 aliphatic rings. The van der Waals surface area contributed by atoms with Gasteiger partial charge in [-0.15, -0.1) is 0 Å². The first-order chi connectivity index (χ1) is 11.0. The van der Waals surface area contributed by atoms with E-state index in [1.54, 1.807) is 6.20 Å². The van der Waals surface area contributed by atoms with Crippen LogP contribution in [0.3, 0.4) is 0 Å². The monoisotopic (exact) mass is 310 g/mol. The molecule has 0 atom stereocenters. The van der Waals surface area contributed by atoms with Gasteiger partial charge in [0.15, 0.2) is 0 Å². The van der Waals surface area contributed by atoms with Crippen molar-refractivity contribution in [2.75, 3.05) is 10.6 Å². The molecule has 3 rings (SSSR count). The number of aromatic nitrogens is 2. The van der Waals surface area contributed by atoms with Crippen LogP contribution in [0.4, 0.5) is 17.5 Å². The molecule has 1 aromatic carbocycles. The summed E-state index contributed by atoms with van der Waals surface area (Å²) in [5.41, 5.74) is 2.50. The summed E-state index contributed by atoms with van der Waals surface area (Å²) in [7, 11) is 0. The standard InChI is InChI=1S/C19H26N4/c1-19(2,3)14-8-10-16(11-9-14)22-18-20-13-12-17(23-18)21-15-6-4-5-7-15/h8-13,15H,4-7H2,1-3H3,(H2,20,21,22,23). The van der Waals surface area contributed by atoms with Gasteiger partial charge in [-0.25, -0.2) is 4.98 Å². The van der Waals surface area contributed by atoms with Crippen LogP contribution in [0.15, 0.2) is 36.5 Å². The molecule has 2 N–H and O–H groups in total. The minimum atomic E-state index is 0.167. The first-order valence-corrected chi connectivity index (χ1v) is 8.48. The lowest BCUT2D eigenvalue weighted by atomic mass is 9.87. The summed E-state index contributed by atoms with van der Waals surface area (Å²) in [5, 5.41) is 6.79. The zero-order chi connectivity index (χ0) is 16.3. The van der Waals surface area contributed by atoms with Crippen LogP contribution in [-0.4, -0.2) is 16.0 Å². The summed E-state index contributed by atoms with van der Waals surface area (Å²) in [5.74, 6) is 1.54. The van der Waals surface area contributed by atoms with E-state index >= 15 is 0 Å². The number of rotatable bonds is 4. The van der Waals surface area contributed by atoms with E-state index in [0.29, 0.717) is 12.0 Å². The third-order valence-electron chi connectivity index (χ3n) is 4.37. The minimum absolute atomic E-state index is 0.167. The summed E-state index contributed by atoms with van der Waals surface area (Å²) in [6, 6.07) is 11.0. The van der Waals surface area contributed by atoms with E-state index in [1.165, 1.54) is 31.2 Å². The van der Waals surface area contributed by atoms with E-state index in [2.05, 4.69) is 65.6 Å². The zero-order valence-corrected chi connectivity index (χ0v) is 14.3. The fourth-order valence-electron chi connectivity index (χ4n) is 2.96. The zero-order valence-electron chi connectivity index (χ0n) is 14.3. The molecule has 1 heterocycles. The van der Waals surface area contributed by atoms with Gasteiger partial charge in [0.2, 0.25) is 5.95 Å². The Morgan fingerprint density at radius 1 is 1.00 bits per heavy atom. The second-order valence-electron chi connectivity index (χ2n) is 7.34. The molecular formula is C19H26N4. The second-order valence-corrected chi connectivity index (χ2v) is 7.34.